The molecule has 0 bridgehead atoms. The quantitative estimate of drug-likeness (QED) is 0.907. The number of hydrogen-bond donors (Lipinski definition) is 1. The molecule has 0 aromatic heterocycles. The highest BCUT2D eigenvalue weighted by atomic mass is 79.9. The van der Waals surface area contributed by atoms with Gasteiger partial charge in [0.05, 0.1) is 0 Å². The summed E-state index contributed by atoms with van der Waals surface area (Å²) in [7, 11) is 3.60. The number of likely N-dealkylation sites (tertiary alicyclic amines) is 1. The van der Waals surface area contributed by atoms with Crippen LogP contribution in [0.2, 0.25) is 0 Å². The fourth-order valence-corrected chi connectivity index (χ4v) is 2.71. The number of anilines is 1. The lowest BCUT2D eigenvalue weighted by Gasteiger charge is -2.34. The summed E-state index contributed by atoms with van der Waals surface area (Å²) in [5, 5.41) is 3.53. The Labute approximate surface area is 122 Å². The largest absolute Gasteiger partial charge is 0.382 e. The Hall–Kier alpha value is -1.23. The first-order valence-corrected chi connectivity index (χ1v) is 7.34. The van der Waals surface area contributed by atoms with E-state index in [0.717, 1.165) is 36.1 Å². The fourth-order valence-electron chi connectivity index (χ4n) is 2.31. The van der Waals surface area contributed by atoms with Gasteiger partial charge in [0.2, 0.25) is 0 Å². The highest BCUT2D eigenvalue weighted by Gasteiger charge is 2.23. The number of piperidine rings is 1. The van der Waals surface area contributed by atoms with E-state index in [-0.39, 0.29) is 6.03 Å². The van der Waals surface area contributed by atoms with Crippen LogP contribution in [-0.2, 0) is 0 Å². The summed E-state index contributed by atoms with van der Waals surface area (Å²) >= 11 is 3.47. The maximum absolute atomic E-state index is 11.8. The molecule has 1 fully saturated rings. The van der Waals surface area contributed by atoms with Crippen molar-refractivity contribution in [3.63, 3.8) is 0 Å². The van der Waals surface area contributed by atoms with Gasteiger partial charge in [-0.15, -0.1) is 0 Å². The van der Waals surface area contributed by atoms with E-state index < -0.39 is 0 Å². The summed E-state index contributed by atoms with van der Waals surface area (Å²) in [6.45, 7) is 1.64. The van der Waals surface area contributed by atoms with Crippen LogP contribution in [0.1, 0.15) is 12.8 Å². The number of benzene rings is 1. The molecule has 5 heteroatoms. The van der Waals surface area contributed by atoms with Gasteiger partial charge in [-0.05, 0) is 31.0 Å². The van der Waals surface area contributed by atoms with Crippen LogP contribution in [0.5, 0.6) is 0 Å². The van der Waals surface area contributed by atoms with E-state index >= 15 is 0 Å². The van der Waals surface area contributed by atoms with Crippen molar-refractivity contribution >= 4 is 27.6 Å². The molecule has 1 aliphatic heterocycles. The van der Waals surface area contributed by atoms with Crippen molar-refractivity contribution in [2.24, 2.45) is 0 Å². The van der Waals surface area contributed by atoms with E-state index in [2.05, 4.69) is 33.4 Å². The average molecular weight is 326 g/mol. The van der Waals surface area contributed by atoms with Gasteiger partial charge in [0.1, 0.15) is 0 Å². The van der Waals surface area contributed by atoms with Crippen molar-refractivity contribution in [1.82, 2.24) is 9.80 Å². The first kappa shape index (κ1) is 14.2. The number of carbonyl (C=O) groups excluding carboxylic acids is 1. The van der Waals surface area contributed by atoms with Crippen LogP contribution in [0.4, 0.5) is 10.5 Å². The monoisotopic (exact) mass is 325 g/mol. The van der Waals surface area contributed by atoms with E-state index in [1.807, 2.05) is 17.0 Å². The Kier molecular flexibility index (Phi) is 4.69. The molecule has 1 saturated heterocycles. The molecule has 1 aromatic carbocycles. The minimum Gasteiger partial charge on any atom is -0.382 e. The van der Waals surface area contributed by atoms with E-state index in [1.54, 1.807) is 19.0 Å². The van der Waals surface area contributed by atoms with Crippen LogP contribution in [0.3, 0.4) is 0 Å². The Balaban J connectivity index is 1.85. The molecular weight excluding hydrogens is 306 g/mol. The molecule has 0 aliphatic carbocycles. The van der Waals surface area contributed by atoms with Gasteiger partial charge in [-0.2, -0.15) is 0 Å². The molecule has 1 aromatic rings. The molecule has 0 saturated carbocycles. The van der Waals surface area contributed by atoms with Crippen LogP contribution < -0.4 is 5.32 Å². The second-order valence-corrected chi connectivity index (χ2v) is 6.01. The summed E-state index contributed by atoms with van der Waals surface area (Å²) in [4.78, 5) is 15.4. The van der Waals surface area contributed by atoms with Gasteiger partial charge in [0.15, 0.2) is 0 Å². The second kappa shape index (κ2) is 6.28. The fraction of sp³-hybridized carbons (Fsp3) is 0.500. The molecule has 0 radical (unpaired) electrons. The van der Waals surface area contributed by atoms with Crippen LogP contribution in [0, 0.1) is 0 Å². The van der Waals surface area contributed by atoms with Crippen molar-refractivity contribution in [3.8, 4) is 0 Å². The lowest BCUT2D eigenvalue weighted by Crippen LogP contribution is -2.46. The Morgan fingerprint density at radius 1 is 1.37 bits per heavy atom. The van der Waals surface area contributed by atoms with Crippen LogP contribution in [0.15, 0.2) is 28.7 Å². The van der Waals surface area contributed by atoms with E-state index in [1.165, 1.54) is 0 Å². The number of nitrogens with one attached hydrogen (secondary N) is 1. The molecule has 19 heavy (non-hydrogen) atoms. The van der Waals surface area contributed by atoms with Gasteiger partial charge in [0.25, 0.3) is 0 Å². The zero-order chi connectivity index (χ0) is 13.8. The number of hydrogen-bond acceptors (Lipinski definition) is 2. The van der Waals surface area contributed by atoms with Gasteiger partial charge in [-0.1, -0.05) is 22.0 Å². The summed E-state index contributed by atoms with van der Waals surface area (Å²) in [5.41, 5.74) is 1.13. The van der Waals surface area contributed by atoms with Crippen molar-refractivity contribution < 1.29 is 4.79 Å². The Morgan fingerprint density at radius 3 is 2.63 bits per heavy atom. The Morgan fingerprint density at radius 2 is 2.05 bits per heavy atom. The highest BCUT2D eigenvalue weighted by Crippen LogP contribution is 2.20. The molecule has 0 atom stereocenters. The number of carbonyl (C=O) groups is 1. The van der Waals surface area contributed by atoms with Gasteiger partial charge in [0, 0.05) is 43.4 Å². The molecule has 1 heterocycles. The molecule has 0 unspecified atom stereocenters. The van der Waals surface area contributed by atoms with Gasteiger partial charge in [-0.25, -0.2) is 4.79 Å². The van der Waals surface area contributed by atoms with Gasteiger partial charge in [-0.3, -0.25) is 0 Å². The average Bonchev–Trinajstić information content (AvgIpc) is 2.39. The number of amides is 2. The maximum atomic E-state index is 11.8. The van der Waals surface area contributed by atoms with Crippen molar-refractivity contribution in [3.05, 3.63) is 28.7 Å². The number of halogens is 1. The second-order valence-electron chi connectivity index (χ2n) is 5.09. The van der Waals surface area contributed by atoms with Crippen LogP contribution >= 0.6 is 15.9 Å². The molecule has 1 N–H and O–H groups in total. The molecule has 0 spiro atoms. The van der Waals surface area contributed by atoms with Crippen LogP contribution in [0.25, 0.3) is 0 Å². The smallest absolute Gasteiger partial charge is 0.319 e. The predicted molar refractivity (Wildman–Crippen MR) is 81.4 cm³/mol. The first-order valence-electron chi connectivity index (χ1n) is 6.54. The molecule has 1 aliphatic rings. The first-order chi connectivity index (χ1) is 9.06. The molecule has 2 rings (SSSR count). The predicted octanol–water partition coefficient (Wildman–Crippen LogP) is 3.01. The minimum atomic E-state index is 0.112. The minimum absolute atomic E-state index is 0.112. The zero-order valence-electron chi connectivity index (χ0n) is 11.4. The molecular formula is C14H20BrN3O. The topological polar surface area (TPSA) is 35.6 Å². The SMILES string of the molecule is CN(C)C(=O)N1CCC(Nc2cccc(Br)c2)CC1. The zero-order valence-corrected chi connectivity index (χ0v) is 13.0. The van der Waals surface area contributed by atoms with E-state index in [4.69, 9.17) is 0 Å². The van der Waals surface area contributed by atoms with Crippen molar-refractivity contribution in [2.45, 2.75) is 18.9 Å². The number of nitrogens with zero attached hydrogens (tertiary/aromatic N) is 2. The van der Waals surface area contributed by atoms with Crippen molar-refractivity contribution in [2.75, 3.05) is 32.5 Å². The van der Waals surface area contributed by atoms with Gasteiger partial charge < -0.3 is 15.1 Å². The third-order valence-electron chi connectivity index (χ3n) is 3.34. The van der Waals surface area contributed by atoms with E-state index in [0.29, 0.717) is 6.04 Å². The van der Waals surface area contributed by atoms with Gasteiger partial charge >= 0.3 is 6.03 Å². The summed E-state index contributed by atoms with van der Waals surface area (Å²) < 4.78 is 1.08. The normalized spacial score (nSPS) is 16.3. The Bertz CT molecular complexity index is 442. The standard InChI is InChI=1S/C14H20BrN3O/c1-17(2)14(19)18-8-6-12(7-9-18)16-13-5-3-4-11(15)10-13/h3-5,10,12,16H,6-9H2,1-2H3. The number of urea groups is 1. The number of rotatable bonds is 2. The molecule has 104 valence electrons. The maximum Gasteiger partial charge on any atom is 0.319 e. The van der Waals surface area contributed by atoms with Crippen molar-refractivity contribution in [1.29, 1.82) is 0 Å². The molecule has 2 amide bonds. The highest BCUT2D eigenvalue weighted by molar-refractivity contribution is 9.10. The lowest BCUT2D eigenvalue weighted by molar-refractivity contribution is 0.158. The molecule has 4 nitrogen and oxygen atoms in total. The summed E-state index contributed by atoms with van der Waals surface area (Å²) in [6, 6.07) is 8.75. The van der Waals surface area contributed by atoms with Crippen LogP contribution in [-0.4, -0.2) is 49.1 Å². The lowest BCUT2D eigenvalue weighted by atomic mass is 10.0. The summed E-state index contributed by atoms with van der Waals surface area (Å²) in [5.74, 6) is 0. The third kappa shape index (κ3) is 3.86. The summed E-state index contributed by atoms with van der Waals surface area (Å²) in [6.07, 6.45) is 1.98. The van der Waals surface area contributed by atoms with E-state index in [9.17, 15) is 4.79 Å². The third-order valence-corrected chi connectivity index (χ3v) is 3.84.